The topological polar surface area (TPSA) is 0 Å². The second-order valence-electron chi connectivity index (χ2n) is 2.31. The van der Waals surface area contributed by atoms with Crippen molar-refractivity contribution in [1.82, 2.24) is 0 Å². The van der Waals surface area contributed by atoms with Crippen molar-refractivity contribution in [2.75, 3.05) is 0 Å². The van der Waals surface area contributed by atoms with E-state index in [9.17, 15) is 0 Å². The Hall–Kier alpha value is 0.883. The normalized spacial score (nSPS) is 5.54. The van der Waals surface area contributed by atoms with E-state index in [0.717, 1.165) is 0 Å². The van der Waals surface area contributed by atoms with E-state index in [-0.39, 0.29) is 26.2 Å². The van der Waals surface area contributed by atoms with Crippen LogP contribution in [0.15, 0.2) is 0 Å². The van der Waals surface area contributed by atoms with Gasteiger partial charge in [0, 0.05) is 0 Å². The van der Waals surface area contributed by atoms with Gasteiger partial charge in [0.15, 0.2) is 0 Å². The molecular formula is C12H28Zr. The van der Waals surface area contributed by atoms with Crippen LogP contribution in [-0.2, 0) is 26.2 Å². The van der Waals surface area contributed by atoms with Crippen LogP contribution in [0.4, 0.5) is 0 Å². The molecular weight excluding hydrogens is 235 g/mol. The van der Waals surface area contributed by atoms with Gasteiger partial charge in [0.25, 0.3) is 0 Å². The van der Waals surface area contributed by atoms with Crippen LogP contribution in [0.1, 0.15) is 55.4 Å². The van der Waals surface area contributed by atoms with Crippen LogP contribution < -0.4 is 0 Å². The average Bonchev–Trinajstić information content (AvgIpc) is 1.92. The summed E-state index contributed by atoms with van der Waals surface area (Å²) in [5.74, 6) is 0. The van der Waals surface area contributed by atoms with E-state index < -0.39 is 0 Å². The van der Waals surface area contributed by atoms with Crippen molar-refractivity contribution in [3.63, 3.8) is 0 Å². The molecule has 0 aromatic heterocycles. The first kappa shape index (κ1) is 29.2. The van der Waals surface area contributed by atoms with E-state index in [1.54, 1.807) is 0 Å². The smallest absolute Gasteiger partial charge is 0.335 e. The van der Waals surface area contributed by atoms with Crippen molar-refractivity contribution in [2.45, 2.75) is 55.4 Å². The maximum atomic E-state index is 2.00. The van der Waals surface area contributed by atoms with Gasteiger partial charge in [-0.3, -0.25) is 0 Å². The third kappa shape index (κ3) is 1960. The van der Waals surface area contributed by atoms with Gasteiger partial charge in [-0.05, 0) is 0 Å². The van der Waals surface area contributed by atoms with Crippen LogP contribution in [-0.4, -0.2) is 0 Å². The van der Waals surface area contributed by atoms with Crippen molar-refractivity contribution in [2.24, 2.45) is 0 Å². The summed E-state index contributed by atoms with van der Waals surface area (Å²) in [6.45, 7) is 16.0. The quantitative estimate of drug-likeness (QED) is 0.544. The van der Waals surface area contributed by atoms with Crippen LogP contribution in [0.2, 0.25) is 0 Å². The molecule has 0 nitrogen and oxygen atoms in total. The fraction of sp³-hybridized carbons (Fsp3) is 0.667. The Balaban J connectivity index is -0.0000000213. The molecule has 0 amide bonds. The summed E-state index contributed by atoms with van der Waals surface area (Å²) in [7, 11) is 0. The molecule has 0 saturated carbocycles. The first-order chi connectivity index (χ1) is 5.66. The molecule has 0 aliphatic heterocycles. The summed E-state index contributed by atoms with van der Waals surface area (Å²) in [5.41, 5.74) is 0. The zero-order valence-corrected chi connectivity index (χ0v) is 13.3. The number of rotatable bonds is 0. The van der Waals surface area contributed by atoms with Crippen molar-refractivity contribution in [1.29, 1.82) is 0 Å². The van der Waals surface area contributed by atoms with E-state index in [0.29, 0.717) is 0 Å². The molecule has 0 aromatic rings. The maximum Gasteiger partial charge on any atom is 4.00 e. The largest absolute Gasteiger partial charge is 4.00 e. The van der Waals surface area contributed by atoms with Crippen LogP contribution >= 0.6 is 0 Å². The van der Waals surface area contributed by atoms with Crippen LogP contribution in [0.25, 0.3) is 0 Å². The molecule has 0 atom stereocenters. The second-order valence-corrected chi connectivity index (χ2v) is 2.31. The molecule has 0 bridgehead atoms. The molecule has 0 aliphatic rings. The van der Waals surface area contributed by atoms with Crippen LogP contribution in [0, 0.1) is 25.7 Å². The van der Waals surface area contributed by atoms with Gasteiger partial charge in [-0.25, -0.2) is 0 Å². The Bertz CT molecular complexity index is 13.1. The maximum absolute atomic E-state index is 2.00. The predicted octanol–water partition coefficient (Wildman–Crippen LogP) is 4.92. The average molecular weight is 264 g/mol. The summed E-state index contributed by atoms with van der Waals surface area (Å²) in [4.78, 5) is 0. The number of hydrogen-bond donors (Lipinski definition) is 0. The van der Waals surface area contributed by atoms with Crippen molar-refractivity contribution < 1.29 is 26.2 Å². The fourth-order valence-electron chi connectivity index (χ4n) is 0. The van der Waals surface area contributed by atoms with Gasteiger partial charge >= 0.3 is 26.2 Å². The summed E-state index contributed by atoms with van der Waals surface area (Å²) >= 11 is 0. The zero-order valence-electron chi connectivity index (χ0n) is 10.8. The van der Waals surface area contributed by atoms with Crippen LogP contribution in [0.5, 0.6) is 0 Å². The minimum Gasteiger partial charge on any atom is -0.335 e. The molecule has 0 spiro atoms. The molecule has 0 rings (SSSR count). The molecule has 13 heavy (non-hydrogen) atoms. The summed E-state index contributed by atoms with van der Waals surface area (Å²) in [6.07, 6.45) is 8.00. The molecule has 80 valence electrons. The van der Waals surface area contributed by atoms with Crippen molar-refractivity contribution in [3.05, 3.63) is 25.7 Å². The van der Waals surface area contributed by atoms with Gasteiger partial charge in [-0.15, -0.1) is 0 Å². The SMILES string of the molecule is C[CH-]C.C[CH-]C.C[CH-]C.C[CH-]C.[Zr+4]. The molecule has 0 aromatic carbocycles. The minimum atomic E-state index is 0. The molecule has 0 unspecified atom stereocenters. The summed E-state index contributed by atoms with van der Waals surface area (Å²) in [5, 5.41) is 0. The Morgan fingerprint density at radius 1 is 0.385 bits per heavy atom. The summed E-state index contributed by atoms with van der Waals surface area (Å²) < 4.78 is 0. The summed E-state index contributed by atoms with van der Waals surface area (Å²) in [6, 6.07) is 0. The van der Waals surface area contributed by atoms with Crippen molar-refractivity contribution >= 4 is 0 Å². The Morgan fingerprint density at radius 2 is 0.385 bits per heavy atom. The fourth-order valence-corrected chi connectivity index (χ4v) is 0. The Kier molecular flexibility index (Phi) is 171. The number of hydrogen-bond acceptors (Lipinski definition) is 0. The van der Waals surface area contributed by atoms with E-state index >= 15 is 0 Å². The first-order valence-electron chi connectivity index (χ1n) is 4.62. The predicted molar refractivity (Wildman–Crippen MR) is 62.6 cm³/mol. The molecule has 0 N–H and O–H groups in total. The zero-order chi connectivity index (χ0) is 10.8. The third-order valence-corrected chi connectivity index (χ3v) is 0. The molecule has 0 aliphatic carbocycles. The second kappa shape index (κ2) is 76.3. The van der Waals surface area contributed by atoms with Gasteiger partial charge in [0.2, 0.25) is 0 Å². The Morgan fingerprint density at radius 3 is 0.385 bits per heavy atom. The van der Waals surface area contributed by atoms with Gasteiger partial charge in [0.05, 0.1) is 0 Å². The molecule has 0 heterocycles. The first-order valence-corrected chi connectivity index (χ1v) is 4.62. The minimum absolute atomic E-state index is 0. The third-order valence-electron chi connectivity index (χ3n) is 0. The molecule has 0 saturated heterocycles. The molecule has 0 fully saturated rings. The molecule has 1 heteroatoms. The monoisotopic (exact) mass is 262 g/mol. The van der Waals surface area contributed by atoms with E-state index in [2.05, 4.69) is 0 Å². The van der Waals surface area contributed by atoms with E-state index in [1.807, 2.05) is 81.1 Å². The van der Waals surface area contributed by atoms with Gasteiger partial charge in [0.1, 0.15) is 0 Å². The van der Waals surface area contributed by atoms with E-state index in [4.69, 9.17) is 0 Å². The van der Waals surface area contributed by atoms with Gasteiger partial charge in [-0.2, -0.15) is 55.4 Å². The molecule has 0 radical (unpaired) electrons. The van der Waals surface area contributed by atoms with Crippen molar-refractivity contribution in [3.8, 4) is 0 Å². The standard InChI is InChI=1S/4C3H7.Zr/c4*1-3-2;/h4*3H,1-2H3;/q4*-1;+4. The van der Waals surface area contributed by atoms with Gasteiger partial charge in [-0.1, -0.05) is 0 Å². The van der Waals surface area contributed by atoms with Gasteiger partial charge < -0.3 is 25.7 Å². The van der Waals surface area contributed by atoms with E-state index in [1.165, 1.54) is 0 Å². The Labute approximate surface area is 107 Å². The van der Waals surface area contributed by atoms with Crippen LogP contribution in [0.3, 0.4) is 0 Å².